The molecule has 0 spiro atoms. The van der Waals surface area contributed by atoms with Crippen LogP contribution < -0.4 is 5.73 Å². The summed E-state index contributed by atoms with van der Waals surface area (Å²) in [5, 5.41) is 0. The highest BCUT2D eigenvalue weighted by molar-refractivity contribution is 5.94. The van der Waals surface area contributed by atoms with Gasteiger partial charge in [-0.05, 0) is 24.6 Å². The van der Waals surface area contributed by atoms with Gasteiger partial charge in [-0.15, -0.1) is 0 Å². The predicted octanol–water partition coefficient (Wildman–Crippen LogP) is 2.28. The molecule has 4 heteroatoms. The second-order valence-corrected chi connectivity index (χ2v) is 3.82. The van der Waals surface area contributed by atoms with Gasteiger partial charge in [0.25, 0.3) is 5.91 Å². The van der Waals surface area contributed by atoms with Crippen LogP contribution in [0.5, 0.6) is 0 Å². The number of rotatable bonds is 4. The quantitative estimate of drug-likeness (QED) is 0.797. The second-order valence-electron chi connectivity index (χ2n) is 3.82. The van der Waals surface area contributed by atoms with Crippen LogP contribution in [0.15, 0.2) is 18.2 Å². The Bertz CT molecular complexity index is 379. The van der Waals surface area contributed by atoms with Gasteiger partial charge in [-0.3, -0.25) is 4.79 Å². The lowest BCUT2D eigenvalue weighted by Gasteiger charge is -2.16. The maximum Gasteiger partial charge on any atom is 0.253 e. The number of halogens is 1. The van der Waals surface area contributed by atoms with Crippen molar-refractivity contribution in [2.75, 3.05) is 19.3 Å². The number of carbonyl (C=O) groups is 1. The van der Waals surface area contributed by atoms with E-state index in [2.05, 4.69) is 6.92 Å². The van der Waals surface area contributed by atoms with Crippen LogP contribution in [-0.4, -0.2) is 24.4 Å². The number of nitrogen functional groups attached to an aromatic ring is 1. The lowest BCUT2D eigenvalue weighted by Crippen LogP contribution is -2.27. The number of carbonyl (C=O) groups excluding carboxylic acids is 1. The van der Waals surface area contributed by atoms with Gasteiger partial charge in [0.1, 0.15) is 5.82 Å². The Hall–Kier alpha value is -1.58. The van der Waals surface area contributed by atoms with Crippen molar-refractivity contribution in [2.45, 2.75) is 19.8 Å². The number of amides is 1. The van der Waals surface area contributed by atoms with Crippen molar-refractivity contribution in [2.24, 2.45) is 0 Å². The van der Waals surface area contributed by atoms with E-state index in [0.717, 1.165) is 12.8 Å². The molecule has 0 unspecified atom stereocenters. The monoisotopic (exact) mass is 224 g/mol. The number of unbranched alkanes of at least 4 members (excludes halogenated alkanes) is 1. The molecule has 0 aromatic heterocycles. The molecule has 0 saturated carbocycles. The fraction of sp³-hybridized carbons (Fsp3) is 0.417. The Labute approximate surface area is 95.0 Å². The summed E-state index contributed by atoms with van der Waals surface area (Å²) < 4.78 is 12.9. The number of hydrogen-bond donors (Lipinski definition) is 1. The van der Waals surface area contributed by atoms with E-state index in [-0.39, 0.29) is 11.6 Å². The van der Waals surface area contributed by atoms with Crippen molar-refractivity contribution < 1.29 is 9.18 Å². The van der Waals surface area contributed by atoms with Gasteiger partial charge in [-0.1, -0.05) is 13.3 Å². The van der Waals surface area contributed by atoms with Gasteiger partial charge >= 0.3 is 0 Å². The third-order valence-electron chi connectivity index (χ3n) is 2.44. The van der Waals surface area contributed by atoms with Crippen molar-refractivity contribution in [1.29, 1.82) is 0 Å². The number of hydrogen-bond acceptors (Lipinski definition) is 2. The Morgan fingerprint density at radius 2 is 2.19 bits per heavy atom. The van der Waals surface area contributed by atoms with Crippen LogP contribution in [0.2, 0.25) is 0 Å². The molecule has 1 rings (SSSR count). The zero-order valence-electron chi connectivity index (χ0n) is 9.66. The smallest absolute Gasteiger partial charge is 0.253 e. The van der Waals surface area contributed by atoms with Gasteiger partial charge in [0, 0.05) is 19.2 Å². The molecule has 16 heavy (non-hydrogen) atoms. The summed E-state index contributed by atoms with van der Waals surface area (Å²) >= 11 is 0. The summed E-state index contributed by atoms with van der Waals surface area (Å²) in [6, 6.07) is 4.05. The molecule has 1 aromatic carbocycles. The van der Waals surface area contributed by atoms with E-state index in [1.165, 1.54) is 18.2 Å². The summed E-state index contributed by atoms with van der Waals surface area (Å²) in [5.74, 6) is -0.618. The molecule has 0 radical (unpaired) electrons. The average Bonchev–Trinajstić information content (AvgIpc) is 2.28. The molecule has 0 bridgehead atoms. The molecule has 88 valence electrons. The van der Waals surface area contributed by atoms with E-state index >= 15 is 0 Å². The fourth-order valence-electron chi connectivity index (χ4n) is 1.39. The van der Waals surface area contributed by atoms with Crippen molar-refractivity contribution in [1.82, 2.24) is 4.90 Å². The van der Waals surface area contributed by atoms with Crippen molar-refractivity contribution in [3.63, 3.8) is 0 Å². The van der Waals surface area contributed by atoms with Gasteiger partial charge in [0.2, 0.25) is 0 Å². The molecule has 0 fully saturated rings. The standard InChI is InChI=1S/C12H17FN2O/c1-3-4-7-15(2)12(16)9-5-6-10(13)11(14)8-9/h5-6,8H,3-4,7,14H2,1-2H3. The van der Waals surface area contributed by atoms with E-state index in [9.17, 15) is 9.18 Å². The average molecular weight is 224 g/mol. The van der Waals surface area contributed by atoms with E-state index in [1.807, 2.05) is 0 Å². The molecule has 0 atom stereocenters. The second kappa shape index (κ2) is 5.49. The summed E-state index contributed by atoms with van der Waals surface area (Å²) in [4.78, 5) is 13.5. The third kappa shape index (κ3) is 2.95. The van der Waals surface area contributed by atoms with Crippen molar-refractivity contribution >= 4 is 11.6 Å². The van der Waals surface area contributed by atoms with E-state index in [0.29, 0.717) is 12.1 Å². The molecular weight excluding hydrogens is 207 g/mol. The van der Waals surface area contributed by atoms with Gasteiger partial charge < -0.3 is 10.6 Å². The summed E-state index contributed by atoms with van der Waals surface area (Å²) in [6.07, 6.45) is 1.99. The first-order valence-corrected chi connectivity index (χ1v) is 5.36. The van der Waals surface area contributed by atoms with Gasteiger partial charge in [-0.25, -0.2) is 4.39 Å². The van der Waals surface area contributed by atoms with Crippen LogP contribution in [0.25, 0.3) is 0 Å². The fourth-order valence-corrected chi connectivity index (χ4v) is 1.39. The molecule has 0 saturated heterocycles. The first-order chi connectivity index (χ1) is 7.56. The third-order valence-corrected chi connectivity index (χ3v) is 2.44. The molecule has 0 heterocycles. The first kappa shape index (κ1) is 12.5. The molecule has 0 aliphatic rings. The highest BCUT2D eigenvalue weighted by Crippen LogP contribution is 2.13. The van der Waals surface area contributed by atoms with Crippen molar-refractivity contribution in [3.05, 3.63) is 29.6 Å². The number of nitrogens with two attached hydrogens (primary N) is 1. The number of anilines is 1. The molecule has 2 N–H and O–H groups in total. The molecule has 0 aliphatic heterocycles. The van der Waals surface area contributed by atoms with E-state index < -0.39 is 5.82 Å². The highest BCUT2D eigenvalue weighted by atomic mass is 19.1. The van der Waals surface area contributed by atoms with Crippen LogP contribution in [0.4, 0.5) is 10.1 Å². The number of benzene rings is 1. The molecule has 0 aliphatic carbocycles. The topological polar surface area (TPSA) is 46.3 Å². The van der Waals surface area contributed by atoms with Gasteiger partial charge in [0.15, 0.2) is 0 Å². The minimum atomic E-state index is -0.493. The Morgan fingerprint density at radius 3 is 2.75 bits per heavy atom. The van der Waals surface area contributed by atoms with E-state index in [4.69, 9.17) is 5.73 Å². The normalized spacial score (nSPS) is 10.2. The van der Waals surface area contributed by atoms with Gasteiger partial charge in [0.05, 0.1) is 5.69 Å². The minimum Gasteiger partial charge on any atom is -0.396 e. The van der Waals surface area contributed by atoms with Crippen LogP contribution in [0.1, 0.15) is 30.1 Å². The molecule has 1 amide bonds. The van der Waals surface area contributed by atoms with Crippen LogP contribution in [0, 0.1) is 5.82 Å². The zero-order chi connectivity index (χ0) is 12.1. The van der Waals surface area contributed by atoms with Crippen LogP contribution in [0.3, 0.4) is 0 Å². The number of nitrogens with zero attached hydrogens (tertiary/aromatic N) is 1. The van der Waals surface area contributed by atoms with Gasteiger partial charge in [-0.2, -0.15) is 0 Å². The van der Waals surface area contributed by atoms with Crippen LogP contribution in [-0.2, 0) is 0 Å². The Kier molecular flexibility index (Phi) is 4.28. The Morgan fingerprint density at radius 1 is 1.50 bits per heavy atom. The SMILES string of the molecule is CCCCN(C)C(=O)c1ccc(F)c(N)c1. The molecule has 1 aromatic rings. The zero-order valence-corrected chi connectivity index (χ0v) is 9.66. The predicted molar refractivity (Wildman–Crippen MR) is 62.7 cm³/mol. The highest BCUT2D eigenvalue weighted by Gasteiger charge is 2.12. The minimum absolute atomic E-state index is 0.00902. The largest absolute Gasteiger partial charge is 0.396 e. The Balaban J connectivity index is 2.76. The first-order valence-electron chi connectivity index (χ1n) is 5.36. The summed E-state index contributed by atoms with van der Waals surface area (Å²) in [7, 11) is 1.73. The lowest BCUT2D eigenvalue weighted by atomic mass is 10.1. The van der Waals surface area contributed by atoms with E-state index in [1.54, 1.807) is 11.9 Å². The lowest BCUT2D eigenvalue weighted by molar-refractivity contribution is 0.0793. The maximum atomic E-state index is 12.9. The maximum absolute atomic E-state index is 12.9. The molecular formula is C12H17FN2O. The van der Waals surface area contributed by atoms with Crippen LogP contribution >= 0.6 is 0 Å². The molecule has 3 nitrogen and oxygen atoms in total. The van der Waals surface area contributed by atoms with Crippen molar-refractivity contribution in [3.8, 4) is 0 Å². The summed E-state index contributed by atoms with van der Waals surface area (Å²) in [5.41, 5.74) is 5.85. The summed E-state index contributed by atoms with van der Waals surface area (Å²) in [6.45, 7) is 2.76.